The second-order valence-electron chi connectivity index (χ2n) is 5.05. The van der Waals surface area contributed by atoms with Gasteiger partial charge in [0.1, 0.15) is 0 Å². The van der Waals surface area contributed by atoms with E-state index in [1.165, 1.54) is 19.1 Å². The van der Waals surface area contributed by atoms with E-state index in [1.54, 1.807) is 12.1 Å². The number of anilines is 1. The summed E-state index contributed by atoms with van der Waals surface area (Å²) in [5, 5.41) is 2.34. The average molecular weight is 410 g/mol. The standard InChI is InChI=1S/C18H14BrF2NO3/c1-11(18(24)22-13-7-8-15(20)16(21)10-13)25-17(23)9-6-12-4-2-3-5-14(12)19/h2-11H,1H3,(H,22,24)/b9-6+/t11-/m0/s1. The highest BCUT2D eigenvalue weighted by Crippen LogP contribution is 2.17. The molecule has 0 saturated heterocycles. The van der Waals surface area contributed by atoms with Crippen LogP contribution in [0.1, 0.15) is 12.5 Å². The van der Waals surface area contributed by atoms with Crippen molar-refractivity contribution in [3.63, 3.8) is 0 Å². The minimum Gasteiger partial charge on any atom is -0.449 e. The van der Waals surface area contributed by atoms with Gasteiger partial charge in [-0.3, -0.25) is 4.79 Å². The number of ether oxygens (including phenoxy) is 1. The molecule has 2 aromatic carbocycles. The van der Waals surface area contributed by atoms with Gasteiger partial charge in [-0.2, -0.15) is 0 Å². The highest BCUT2D eigenvalue weighted by atomic mass is 79.9. The molecule has 1 amide bonds. The molecule has 130 valence electrons. The first-order valence-corrected chi connectivity index (χ1v) is 8.05. The minimum absolute atomic E-state index is 0.0653. The van der Waals surface area contributed by atoms with Crippen molar-refractivity contribution in [1.29, 1.82) is 0 Å². The Morgan fingerprint density at radius 1 is 1.16 bits per heavy atom. The van der Waals surface area contributed by atoms with Crippen LogP contribution >= 0.6 is 15.9 Å². The molecular weight excluding hydrogens is 396 g/mol. The number of halogens is 3. The third-order valence-corrected chi connectivity index (χ3v) is 3.88. The van der Waals surface area contributed by atoms with Gasteiger partial charge in [0.25, 0.3) is 5.91 Å². The summed E-state index contributed by atoms with van der Waals surface area (Å²) in [5.41, 5.74) is 0.842. The largest absolute Gasteiger partial charge is 0.449 e. The van der Waals surface area contributed by atoms with Crippen LogP contribution in [-0.4, -0.2) is 18.0 Å². The van der Waals surface area contributed by atoms with Crippen molar-refractivity contribution in [2.75, 3.05) is 5.32 Å². The van der Waals surface area contributed by atoms with E-state index in [2.05, 4.69) is 21.2 Å². The molecule has 25 heavy (non-hydrogen) atoms. The van der Waals surface area contributed by atoms with Gasteiger partial charge in [0.15, 0.2) is 17.7 Å². The summed E-state index contributed by atoms with van der Waals surface area (Å²) in [7, 11) is 0. The Labute approximate surface area is 151 Å². The van der Waals surface area contributed by atoms with E-state index >= 15 is 0 Å². The Kier molecular flexibility index (Phi) is 6.41. The maximum Gasteiger partial charge on any atom is 0.331 e. The van der Waals surface area contributed by atoms with Gasteiger partial charge < -0.3 is 10.1 Å². The summed E-state index contributed by atoms with van der Waals surface area (Å²) >= 11 is 3.34. The molecule has 0 bridgehead atoms. The Morgan fingerprint density at radius 3 is 2.56 bits per heavy atom. The third kappa shape index (κ3) is 5.49. The second-order valence-corrected chi connectivity index (χ2v) is 5.91. The Balaban J connectivity index is 1.92. The molecule has 0 aliphatic carbocycles. The van der Waals surface area contributed by atoms with Gasteiger partial charge in [0.2, 0.25) is 0 Å². The van der Waals surface area contributed by atoms with Crippen LogP contribution in [-0.2, 0) is 14.3 Å². The van der Waals surface area contributed by atoms with E-state index in [4.69, 9.17) is 4.74 Å². The third-order valence-electron chi connectivity index (χ3n) is 3.15. The number of carbonyl (C=O) groups excluding carboxylic acids is 2. The van der Waals surface area contributed by atoms with Gasteiger partial charge in [-0.05, 0) is 36.8 Å². The van der Waals surface area contributed by atoms with E-state index in [-0.39, 0.29) is 5.69 Å². The highest BCUT2D eigenvalue weighted by molar-refractivity contribution is 9.10. The lowest BCUT2D eigenvalue weighted by Crippen LogP contribution is -2.29. The lowest BCUT2D eigenvalue weighted by molar-refractivity contribution is -0.148. The van der Waals surface area contributed by atoms with Gasteiger partial charge in [0, 0.05) is 22.3 Å². The topological polar surface area (TPSA) is 55.4 Å². The molecule has 0 heterocycles. The number of amides is 1. The maximum absolute atomic E-state index is 13.1. The number of nitrogens with one attached hydrogen (secondary N) is 1. The summed E-state index contributed by atoms with van der Waals surface area (Å²) < 4.78 is 31.7. The summed E-state index contributed by atoms with van der Waals surface area (Å²) in [6.07, 6.45) is 1.64. The quantitative estimate of drug-likeness (QED) is 0.591. The van der Waals surface area contributed by atoms with Crippen molar-refractivity contribution in [1.82, 2.24) is 0 Å². The van der Waals surface area contributed by atoms with Gasteiger partial charge in [0.05, 0.1) is 0 Å². The van der Waals surface area contributed by atoms with Crippen LogP contribution in [0.4, 0.5) is 14.5 Å². The van der Waals surface area contributed by atoms with Crippen LogP contribution in [0, 0.1) is 11.6 Å². The van der Waals surface area contributed by atoms with Crippen LogP contribution in [0.15, 0.2) is 53.0 Å². The fraction of sp³-hybridized carbons (Fsp3) is 0.111. The first kappa shape index (κ1) is 18.8. The van der Waals surface area contributed by atoms with Gasteiger partial charge in [-0.25, -0.2) is 13.6 Å². The predicted octanol–water partition coefficient (Wildman–Crippen LogP) is 4.31. The van der Waals surface area contributed by atoms with Crippen molar-refractivity contribution < 1.29 is 23.1 Å². The number of carbonyl (C=O) groups is 2. The molecule has 1 N–H and O–H groups in total. The number of hydrogen-bond donors (Lipinski definition) is 1. The van der Waals surface area contributed by atoms with Crippen LogP contribution in [0.5, 0.6) is 0 Å². The zero-order valence-electron chi connectivity index (χ0n) is 13.1. The normalized spacial score (nSPS) is 12.0. The molecule has 2 rings (SSSR count). The zero-order valence-corrected chi connectivity index (χ0v) is 14.7. The smallest absolute Gasteiger partial charge is 0.331 e. The zero-order chi connectivity index (χ0) is 18.4. The van der Waals surface area contributed by atoms with Crippen molar-refractivity contribution in [2.45, 2.75) is 13.0 Å². The van der Waals surface area contributed by atoms with E-state index in [0.717, 1.165) is 22.2 Å². The summed E-state index contributed by atoms with van der Waals surface area (Å²) in [6, 6.07) is 10.2. The molecule has 1 atom stereocenters. The monoisotopic (exact) mass is 409 g/mol. The highest BCUT2D eigenvalue weighted by Gasteiger charge is 2.17. The molecule has 4 nitrogen and oxygen atoms in total. The van der Waals surface area contributed by atoms with Gasteiger partial charge in [-0.1, -0.05) is 34.1 Å². The van der Waals surface area contributed by atoms with Crippen LogP contribution in [0.25, 0.3) is 6.08 Å². The van der Waals surface area contributed by atoms with Gasteiger partial charge >= 0.3 is 5.97 Å². The van der Waals surface area contributed by atoms with Crippen molar-refractivity contribution in [3.05, 3.63) is 70.2 Å². The number of benzene rings is 2. The summed E-state index contributed by atoms with van der Waals surface area (Å²) in [5.74, 6) is -3.47. The van der Waals surface area contributed by atoms with Crippen molar-refractivity contribution in [2.24, 2.45) is 0 Å². The average Bonchev–Trinajstić information content (AvgIpc) is 2.57. The molecule has 0 saturated carbocycles. The van der Waals surface area contributed by atoms with Crippen LogP contribution in [0.2, 0.25) is 0 Å². The molecule has 0 spiro atoms. The van der Waals surface area contributed by atoms with E-state index in [9.17, 15) is 18.4 Å². The molecule has 0 aliphatic heterocycles. The molecule has 0 unspecified atom stereocenters. The summed E-state index contributed by atoms with van der Waals surface area (Å²) in [6.45, 7) is 1.37. The minimum atomic E-state index is -1.11. The molecule has 0 radical (unpaired) electrons. The van der Waals surface area contributed by atoms with Crippen molar-refractivity contribution >= 4 is 39.6 Å². The molecule has 0 aliphatic rings. The Hall–Kier alpha value is -2.54. The molecule has 0 aromatic heterocycles. The molecule has 2 aromatic rings. The Bertz CT molecular complexity index is 824. The fourth-order valence-electron chi connectivity index (χ4n) is 1.85. The molecule has 7 heteroatoms. The van der Waals surface area contributed by atoms with E-state index in [1.807, 2.05) is 18.2 Å². The second kappa shape index (κ2) is 8.53. The van der Waals surface area contributed by atoms with Crippen molar-refractivity contribution in [3.8, 4) is 0 Å². The van der Waals surface area contributed by atoms with E-state index < -0.39 is 29.6 Å². The van der Waals surface area contributed by atoms with Gasteiger partial charge in [-0.15, -0.1) is 0 Å². The van der Waals surface area contributed by atoms with Crippen LogP contribution < -0.4 is 5.32 Å². The molecule has 0 fully saturated rings. The molecular formula is C18H14BrF2NO3. The number of hydrogen-bond acceptors (Lipinski definition) is 3. The lowest BCUT2D eigenvalue weighted by atomic mass is 10.2. The summed E-state index contributed by atoms with van der Waals surface area (Å²) in [4.78, 5) is 23.7. The van der Waals surface area contributed by atoms with Crippen LogP contribution in [0.3, 0.4) is 0 Å². The lowest BCUT2D eigenvalue weighted by Gasteiger charge is -2.12. The first-order chi connectivity index (χ1) is 11.9. The number of rotatable bonds is 5. The Morgan fingerprint density at radius 2 is 1.88 bits per heavy atom. The first-order valence-electron chi connectivity index (χ1n) is 7.26. The fourth-order valence-corrected chi connectivity index (χ4v) is 2.27. The number of esters is 1. The van der Waals surface area contributed by atoms with E-state index in [0.29, 0.717) is 0 Å². The SMILES string of the molecule is C[C@H](OC(=O)/C=C/c1ccccc1Br)C(=O)Nc1ccc(F)c(F)c1. The predicted molar refractivity (Wildman–Crippen MR) is 93.7 cm³/mol. The maximum atomic E-state index is 13.1.